The number of ether oxygens (including phenoxy) is 2. The molecular weight excluding hydrogens is 378 g/mol. The van der Waals surface area contributed by atoms with Crippen LogP contribution in [0, 0.1) is 0 Å². The van der Waals surface area contributed by atoms with Crippen LogP contribution in [0.25, 0.3) is 11.1 Å². The molecule has 7 heteroatoms. The lowest BCUT2D eigenvalue weighted by atomic mass is 9.95. The normalized spacial score (nSPS) is 15.1. The van der Waals surface area contributed by atoms with E-state index in [4.69, 9.17) is 9.47 Å². The number of carbonyl (C=O) groups excluding carboxylic acids is 1. The number of thioether (sulfide) groups is 1. The van der Waals surface area contributed by atoms with Crippen LogP contribution in [-0.4, -0.2) is 31.5 Å². The first-order chi connectivity index (χ1) is 13.4. The Morgan fingerprint density at radius 2 is 1.93 bits per heavy atom. The van der Waals surface area contributed by atoms with Crippen LogP contribution >= 0.6 is 11.8 Å². The molecule has 0 aliphatic heterocycles. The average Bonchev–Trinajstić information content (AvgIpc) is 2.90. The maximum atomic E-state index is 12.5. The first kappa shape index (κ1) is 20.1. The maximum absolute atomic E-state index is 12.5. The van der Waals surface area contributed by atoms with Crippen LogP contribution < -0.4 is 20.2 Å². The molecule has 3 rings (SSSR count). The lowest BCUT2D eigenvalue weighted by molar-refractivity contribution is -0.119. The summed E-state index contributed by atoms with van der Waals surface area (Å²) in [5, 5.41) is 13.4. The number of hydrogen-bond donors (Lipinski definition) is 2. The summed E-state index contributed by atoms with van der Waals surface area (Å²) in [7, 11) is 2.98. The molecule has 0 radical (unpaired) electrons. The Kier molecular flexibility index (Phi) is 5.84. The zero-order chi connectivity index (χ0) is 20.4. The lowest BCUT2D eigenvalue weighted by Crippen LogP contribution is -2.26. The maximum Gasteiger partial charge on any atom is 0.217 e. The number of amides is 1. The number of fused-ring (bicyclic) bond motifs is 3. The van der Waals surface area contributed by atoms with Crippen molar-refractivity contribution in [1.29, 1.82) is 0 Å². The summed E-state index contributed by atoms with van der Waals surface area (Å²) in [5.41, 5.74) is 3.16. The number of aromatic hydroxyl groups is 1. The van der Waals surface area contributed by atoms with Crippen molar-refractivity contribution in [3.05, 3.63) is 45.6 Å². The Hall–Kier alpha value is -2.67. The number of carbonyl (C=O) groups is 1. The molecule has 2 aromatic carbocycles. The van der Waals surface area contributed by atoms with E-state index in [1.807, 2.05) is 12.3 Å². The standard InChI is InChI=1S/C21H23NO5S/c1-11(23)22-15-7-5-12-9-17(25)20(26-2)21(27-3)19(12)13-6-8-16(24)18(28-4)10-14(13)15/h6,8-10,15,25H,5,7H2,1-4H3,(H,22,23)/t15-/m0/s1. The summed E-state index contributed by atoms with van der Waals surface area (Å²) in [6.45, 7) is 1.48. The van der Waals surface area contributed by atoms with E-state index in [0.29, 0.717) is 23.5 Å². The zero-order valence-corrected chi connectivity index (χ0v) is 17.1. The molecular formula is C21H23NO5S. The zero-order valence-electron chi connectivity index (χ0n) is 16.3. The third-order valence-electron chi connectivity index (χ3n) is 4.89. The van der Waals surface area contributed by atoms with E-state index in [1.165, 1.54) is 39.0 Å². The highest BCUT2D eigenvalue weighted by molar-refractivity contribution is 7.98. The van der Waals surface area contributed by atoms with Gasteiger partial charge in [0.15, 0.2) is 16.9 Å². The summed E-state index contributed by atoms with van der Waals surface area (Å²) >= 11 is 1.37. The van der Waals surface area contributed by atoms with Crippen molar-refractivity contribution >= 4 is 17.7 Å². The van der Waals surface area contributed by atoms with Gasteiger partial charge in [-0.3, -0.25) is 9.59 Å². The lowest BCUT2D eigenvalue weighted by Gasteiger charge is -2.19. The Morgan fingerprint density at radius 1 is 1.21 bits per heavy atom. The summed E-state index contributed by atoms with van der Waals surface area (Å²) in [6, 6.07) is 6.53. The van der Waals surface area contributed by atoms with Crippen LogP contribution in [0.15, 0.2) is 34.0 Å². The molecule has 1 aliphatic carbocycles. The SMILES string of the molecule is COc1c(O)cc2c(c1OC)-c1ccc(=O)c(SC)cc1[C@@H](NC(C)=O)CC2. The third kappa shape index (κ3) is 3.54. The highest BCUT2D eigenvalue weighted by atomic mass is 32.2. The number of phenolic OH excluding ortho intramolecular Hbond substituents is 1. The molecule has 0 heterocycles. The van der Waals surface area contributed by atoms with Crippen molar-refractivity contribution in [3.63, 3.8) is 0 Å². The quantitative estimate of drug-likeness (QED) is 0.765. The first-order valence-corrected chi connectivity index (χ1v) is 10.1. The predicted molar refractivity (Wildman–Crippen MR) is 110 cm³/mol. The molecule has 0 unspecified atom stereocenters. The molecule has 0 aromatic heterocycles. The number of rotatable bonds is 4. The van der Waals surface area contributed by atoms with Crippen molar-refractivity contribution < 1.29 is 19.4 Å². The highest BCUT2D eigenvalue weighted by Gasteiger charge is 2.28. The fraction of sp³-hybridized carbons (Fsp3) is 0.333. The second-order valence-electron chi connectivity index (χ2n) is 6.57. The molecule has 28 heavy (non-hydrogen) atoms. The van der Waals surface area contributed by atoms with Crippen LogP contribution in [0.3, 0.4) is 0 Å². The Labute approximate surface area is 167 Å². The molecule has 1 atom stereocenters. The van der Waals surface area contributed by atoms with E-state index in [2.05, 4.69) is 5.32 Å². The fourth-order valence-electron chi connectivity index (χ4n) is 3.72. The van der Waals surface area contributed by atoms with Gasteiger partial charge in [0, 0.05) is 12.5 Å². The third-order valence-corrected chi connectivity index (χ3v) is 5.65. The summed E-state index contributed by atoms with van der Waals surface area (Å²) in [5.74, 6) is 0.497. The molecule has 2 aromatic rings. The fourth-order valence-corrected chi connectivity index (χ4v) is 4.23. The van der Waals surface area contributed by atoms with Crippen molar-refractivity contribution in [2.75, 3.05) is 20.5 Å². The van der Waals surface area contributed by atoms with Crippen molar-refractivity contribution in [1.82, 2.24) is 5.32 Å². The molecule has 0 saturated carbocycles. The van der Waals surface area contributed by atoms with Gasteiger partial charge in [0.1, 0.15) is 0 Å². The molecule has 0 bridgehead atoms. The van der Waals surface area contributed by atoms with Crippen LogP contribution in [-0.2, 0) is 11.2 Å². The smallest absolute Gasteiger partial charge is 0.217 e. The second-order valence-corrected chi connectivity index (χ2v) is 7.42. The number of phenols is 1. The first-order valence-electron chi connectivity index (χ1n) is 8.87. The monoisotopic (exact) mass is 401 g/mol. The van der Waals surface area contributed by atoms with E-state index in [1.54, 1.807) is 12.1 Å². The molecule has 0 spiro atoms. The summed E-state index contributed by atoms with van der Waals surface area (Å²) < 4.78 is 11.0. The highest BCUT2D eigenvalue weighted by Crippen LogP contribution is 2.49. The van der Waals surface area contributed by atoms with Gasteiger partial charge in [0.05, 0.1) is 25.2 Å². The molecule has 0 fully saturated rings. The van der Waals surface area contributed by atoms with Gasteiger partial charge in [-0.05, 0) is 60.1 Å². The van der Waals surface area contributed by atoms with Gasteiger partial charge in [0.2, 0.25) is 11.7 Å². The average molecular weight is 401 g/mol. The molecule has 1 amide bonds. The molecule has 0 saturated heterocycles. The number of aryl methyl sites for hydroxylation is 1. The minimum Gasteiger partial charge on any atom is -0.504 e. The Bertz CT molecular complexity index is 989. The minimum atomic E-state index is -0.268. The Morgan fingerprint density at radius 3 is 2.54 bits per heavy atom. The molecule has 148 valence electrons. The van der Waals surface area contributed by atoms with E-state index in [-0.39, 0.29) is 28.9 Å². The Balaban J connectivity index is 2.42. The van der Waals surface area contributed by atoms with Gasteiger partial charge < -0.3 is 19.9 Å². The van der Waals surface area contributed by atoms with Crippen LogP contribution in [0.2, 0.25) is 0 Å². The van der Waals surface area contributed by atoms with Gasteiger partial charge in [-0.25, -0.2) is 0 Å². The summed E-state index contributed by atoms with van der Waals surface area (Å²) in [4.78, 5) is 24.9. The number of benzene rings is 1. The number of nitrogens with one attached hydrogen (secondary N) is 1. The van der Waals surface area contributed by atoms with Gasteiger partial charge in [-0.2, -0.15) is 0 Å². The van der Waals surface area contributed by atoms with Gasteiger partial charge in [-0.1, -0.05) is 0 Å². The van der Waals surface area contributed by atoms with E-state index >= 15 is 0 Å². The van der Waals surface area contributed by atoms with Crippen LogP contribution in [0.5, 0.6) is 17.2 Å². The van der Waals surface area contributed by atoms with E-state index in [9.17, 15) is 14.7 Å². The van der Waals surface area contributed by atoms with E-state index in [0.717, 1.165) is 22.3 Å². The van der Waals surface area contributed by atoms with Gasteiger partial charge in [-0.15, -0.1) is 11.8 Å². The number of hydrogen-bond acceptors (Lipinski definition) is 6. The minimum absolute atomic E-state index is 0.00718. The van der Waals surface area contributed by atoms with Crippen molar-refractivity contribution in [2.45, 2.75) is 30.7 Å². The predicted octanol–water partition coefficient (Wildman–Crippen LogP) is 3.28. The van der Waals surface area contributed by atoms with Crippen LogP contribution in [0.1, 0.15) is 30.5 Å². The number of methoxy groups -OCH3 is 2. The van der Waals surface area contributed by atoms with Crippen molar-refractivity contribution in [3.8, 4) is 28.4 Å². The summed E-state index contributed by atoms with van der Waals surface area (Å²) in [6.07, 6.45) is 3.09. The second kappa shape index (κ2) is 8.14. The van der Waals surface area contributed by atoms with Gasteiger partial charge >= 0.3 is 0 Å². The molecule has 6 nitrogen and oxygen atoms in total. The van der Waals surface area contributed by atoms with Gasteiger partial charge in [0.25, 0.3) is 0 Å². The molecule has 2 N–H and O–H groups in total. The van der Waals surface area contributed by atoms with E-state index < -0.39 is 0 Å². The van der Waals surface area contributed by atoms with Crippen LogP contribution in [0.4, 0.5) is 0 Å². The topological polar surface area (TPSA) is 84.9 Å². The molecule has 1 aliphatic rings. The van der Waals surface area contributed by atoms with Crippen molar-refractivity contribution in [2.24, 2.45) is 0 Å². The largest absolute Gasteiger partial charge is 0.504 e.